The molecule has 16 heavy (non-hydrogen) atoms. The zero-order chi connectivity index (χ0) is 10.8. The molecule has 0 aromatic carbocycles. The monoisotopic (exact) mass is 240 g/mol. The smallest absolute Gasteiger partial charge is 0.0223 e. The van der Waals surface area contributed by atoms with E-state index in [4.69, 9.17) is 0 Å². The maximum Gasteiger partial charge on any atom is 0.0223 e. The molecule has 3 fully saturated rings. The van der Waals surface area contributed by atoms with E-state index >= 15 is 0 Å². The van der Waals surface area contributed by atoms with E-state index < -0.39 is 0 Å². The van der Waals surface area contributed by atoms with Crippen LogP contribution in [0.1, 0.15) is 32.1 Å². The second kappa shape index (κ2) is 5.28. The molecular weight excluding hydrogens is 216 g/mol. The highest BCUT2D eigenvalue weighted by Crippen LogP contribution is 2.34. The van der Waals surface area contributed by atoms with E-state index in [1.165, 1.54) is 64.0 Å². The van der Waals surface area contributed by atoms with Gasteiger partial charge in [0, 0.05) is 24.4 Å². The summed E-state index contributed by atoms with van der Waals surface area (Å²) in [5.74, 6) is 2.42. The predicted molar refractivity (Wildman–Crippen MR) is 71.1 cm³/mol. The van der Waals surface area contributed by atoms with Crippen LogP contribution in [0.15, 0.2) is 0 Å². The standard InChI is InChI=1S/C13H24N2S/c1-3-12(16-8-1)9-15-7-2-6-14-13(10-15)11-4-5-11/h11-14H,1-10H2. The molecule has 3 aliphatic rings. The average Bonchev–Trinajstić information content (AvgIpc) is 3.03. The lowest BCUT2D eigenvalue weighted by Crippen LogP contribution is -2.41. The van der Waals surface area contributed by atoms with E-state index in [-0.39, 0.29) is 0 Å². The Morgan fingerprint density at radius 2 is 2.12 bits per heavy atom. The summed E-state index contributed by atoms with van der Waals surface area (Å²) in [6.07, 6.45) is 7.21. The molecular formula is C13H24N2S. The van der Waals surface area contributed by atoms with Crippen molar-refractivity contribution in [2.45, 2.75) is 43.4 Å². The quantitative estimate of drug-likeness (QED) is 0.812. The molecule has 3 heteroatoms. The van der Waals surface area contributed by atoms with Crippen LogP contribution >= 0.6 is 11.8 Å². The summed E-state index contributed by atoms with van der Waals surface area (Å²) >= 11 is 2.21. The Hall–Kier alpha value is 0.270. The zero-order valence-electron chi connectivity index (χ0n) is 10.2. The lowest BCUT2D eigenvalue weighted by molar-refractivity contribution is 0.258. The zero-order valence-corrected chi connectivity index (χ0v) is 11.0. The molecule has 3 rings (SSSR count). The van der Waals surface area contributed by atoms with Crippen molar-refractivity contribution in [1.82, 2.24) is 10.2 Å². The van der Waals surface area contributed by atoms with Crippen molar-refractivity contribution in [1.29, 1.82) is 0 Å². The number of nitrogens with one attached hydrogen (secondary N) is 1. The highest BCUT2D eigenvalue weighted by atomic mass is 32.2. The summed E-state index contributed by atoms with van der Waals surface area (Å²) in [4.78, 5) is 2.74. The van der Waals surface area contributed by atoms with Crippen LogP contribution in [0, 0.1) is 5.92 Å². The van der Waals surface area contributed by atoms with Crippen LogP contribution in [0.5, 0.6) is 0 Å². The van der Waals surface area contributed by atoms with Gasteiger partial charge in [-0.3, -0.25) is 0 Å². The molecule has 1 saturated carbocycles. The van der Waals surface area contributed by atoms with Crippen LogP contribution in [0.25, 0.3) is 0 Å². The van der Waals surface area contributed by atoms with E-state index in [2.05, 4.69) is 22.0 Å². The van der Waals surface area contributed by atoms with Gasteiger partial charge in [-0.25, -0.2) is 0 Å². The van der Waals surface area contributed by atoms with E-state index in [0.717, 1.165) is 17.2 Å². The van der Waals surface area contributed by atoms with Gasteiger partial charge < -0.3 is 10.2 Å². The Bertz CT molecular complexity index is 224. The molecule has 2 aliphatic heterocycles. The first-order chi connectivity index (χ1) is 7.92. The number of hydrogen-bond donors (Lipinski definition) is 1. The van der Waals surface area contributed by atoms with Crippen molar-refractivity contribution in [3.8, 4) is 0 Å². The van der Waals surface area contributed by atoms with Crippen molar-refractivity contribution in [3.05, 3.63) is 0 Å². The number of rotatable bonds is 3. The molecule has 0 spiro atoms. The Morgan fingerprint density at radius 1 is 1.19 bits per heavy atom. The van der Waals surface area contributed by atoms with Crippen molar-refractivity contribution in [2.24, 2.45) is 5.92 Å². The Morgan fingerprint density at radius 3 is 2.88 bits per heavy atom. The second-order valence-electron chi connectivity index (χ2n) is 5.65. The van der Waals surface area contributed by atoms with Gasteiger partial charge >= 0.3 is 0 Å². The molecule has 0 aromatic rings. The molecule has 92 valence electrons. The predicted octanol–water partition coefficient (Wildman–Crippen LogP) is 1.96. The van der Waals surface area contributed by atoms with Crippen molar-refractivity contribution in [3.63, 3.8) is 0 Å². The molecule has 0 aromatic heterocycles. The summed E-state index contributed by atoms with van der Waals surface area (Å²) in [7, 11) is 0. The van der Waals surface area contributed by atoms with Gasteiger partial charge in [0.2, 0.25) is 0 Å². The van der Waals surface area contributed by atoms with Crippen LogP contribution < -0.4 is 5.32 Å². The summed E-state index contributed by atoms with van der Waals surface area (Å²) in [6.45, 7) is 5.25. The lowest BCUT2D eigenvalue weighted by Gasteiger charge is -2.26. The van der Waals surface area contributed by atoms with Gasteiger partial charge in [-0.1, -0.05) is 0 Å². The van der Waals surface area contributed by atoms with Crippen LogP contribution in [0.3, 0.4) is 0 Å². The number of hydrogen-bond acceptors (Lipinski definition) is 3. The minimum Gasteiger partial charge on any atom is -0.312 e. The SMILES string of the molecule is C1CSC(CN2CCCNC(C3CC3)C2)C1. The number of thioether (sulfide) groups is 1. The van der Waals surface area contributed by atoms with Gasteiger partial charge in [-0.2, -0.15) is 11.8 Å². The molecule has 2 nitrogen and oxygen atoms in total. The molecule has 0 bridgehead atoms. The molecule has 1 N–H and O–H groups in total. The fraction of sp³-hybridized carbons (Fsp3) is 1.00. The van der Waals surface area contributed by atoms with Gasteiger partial charge in [-0.15, -0.1) is 0 Å². The first kappa shape index (κ1) is 11.4. The highest BCUT2D eigenvalue weighted by molar-refractivity contribution is 8.00. The topological polar surface area (TPSA) is 15.3 Å². The van der Waals surface area contributed by atoms with Gasteiger partial charge in [0.1, 0.15) is 0 Å². The normalized spacial score (nSPS) is 37.5. The van der Waals surface area contributed by atoms with Gasteiger partial charge in [0.15, 0.2) is 0 Å². The van der Waals surface area contributed by atoms with E-state index in [1.54, 1.807) is 0 Å². The molecule has 0 amide bonds. The van der Waals surface area contributed by atoms with Gasteiger partial charge in [0.05, 0.1) is 0 Å². The molecule has 1 aliphatic carbocycles. The van der Waals surface area contributed by atoms with Crippen LogP contribution in [-0.4, -0.2) is 48.1 Å². The molecule has 2 saturated heterocycles. The summed E-state index contributed by atoms with van der Waals surface area (Å²) in [6, 6.07) is 0.814. The average molecular weight is 240 g/mol. The third-order valence-electron chi connectivity index (χ3n) is 4.19. The fourth-order valence-electron chi connectivity index (χ4n) is 3.08. The van der Waals surface area contributed by atoms with Crippen molar-refractivity contribution >= 4 is 11.8 Å². The van der Waals surface area contributed by atoms with Crippen LogP contribution in [-0.2, 0) is 0 Å². The third-order valence-corrected chi connectivity index (χ3v) is 5.57. The van der Waals surface area contributed by atoms with Crippen LogP contribution in [0.2, 0.25) is 0 Å². The van der Waals surface area contributed by atoms with Crippen molar-refractivity contribution in [2.75, 3.05) is 31.9 Å². The lowest BCUT2D eigenvalue weighted by atomic mass is 10.1. The molecule has 0 radical (unpaired) electrons. The van der Waals surface area contributed by atoms with E-state index in [0.29, 0.717) is 0 Å². The molecule has 2 heterocycles. The minimum atomic E-state index is 0.814. The maximum absolute atomic E-state index is 3.75. The first-order valence-corrected chi connectivity index (χ1v) is 8.04. The van der Waals surface area contributed by atoms with Crippen molar-refractivity contribution < 1.29 is 0 Å². The summed E-state index contributed by atoms with van der Waals surface area (Å²) in [5.41, 5.74) is 0. The van der Waals surface area contributed by atoms with Gasteiger partial charge in [-0.05, 0) is 56.9 Å². The van der Waals surface area contributed by atoms with E-state index in [1.807, 2.05) is 0 Å². The largest absolute Gasteiger partial charge is 0.312 e. The highest BCUT2D eigenvalue weighted by Gasteiger charge is 2.33. The maximum atomic E-state index is 3.75. The first-order valence-electron chi connectivity index (χ1n) is 6.99. The Balaban J connectivity index is 1.51. The Kier molecular flexibility index (Phi) is 3.75. The molecule has 2 unspecified atom stereocenters. The number of nitrogens with zero attached hydrogens (tertiary/aromatic N) is 1. The van der Waals surface area contributed by atoms with E-state index in [9.17, 15) is 0 Å². The summed E-state index contributed by atoms with van der Waals surface area (Å²) < 4.78 is 0. The minimum absolute atomic E-state index is 0.814. The van der Waals surface area contributed by atoms with Gasteiger partial charge in [0.25, 0.3) is 0 Å². The molecule has 2 atom stereocenters. The fourth-order valence-corrected chi connectivity index (χ4v) is 4.40. The van der Waals surface area contributed by atoms with Crippen LogP contribution in [0.4, 0.5) is 0 Å². The summed E-state index contributed by atoms with van der Waals surface area (Å²) in [5, 5.41) is 4.69. The second-order valence-corrected chi connectivity index (χ2v) is 7.05. The Labute approximate surface area is 104 Å². The third kappa shape index (κ3) is 2.93.